The zero-order chi connectivity index (χ0) is 27.8. The quantitative estimate of drug-likeness (QED) is 0.198. The highest BCUT2D eigenvalue weighted by atomic mass is 32.1. The van der Waals surface area contributed by atoms with Gasteiger partial charge in [0.2, 0.25) is 14.2 Å². The molecule has 5 aromatic rings. The summed E-state index contributed by atoms with van der Waals surface area (Å²) in [4.78, 5) is 23.8. The minimum atomic E-state index is -1.92. The van der Waals surface area contributed by atoms with Gasteiger partial charge in [-0.25, -0.2) is 9.97 Å². The van der Waals surface area contributed by atoms with Crippen LogP contribution in [-0.4, -0.2) is 24.2 Å². The van der Waals surface area contributed by atoms with E-state index in [0.717, 1.165) is 27.4 Å². The molecular formula is C31H33N3O2S2Si. The Morgan fingerprint density at radius 1 is 1.00 bits per heavy atom. The molecule has 0 aliphatic heterocycles. The van der Waals surface area contributed by atoms with Crippen LogP contribution >= 0.6 is 22.7 Å². The molecule has 0 spiro atoms. The average molecular weight is 572 g/mol. The highest BCUT2D eigenvalue weighted by molar-refractivity contribution is 7.28. The number of carbonyl (C=O) groups excluding carboxylic acids is 1. The average Bonchev–Trinajstić information content (AvgIpc) is 3.48. The number of fused-ring (bicyclic) bond motifs is 1. The van der Waals surface area contributed by atoms with E-state index in [-0.39, 0.29) is 17.4 Å². The summed E-state index contributed by atoms with van der Waals surface area (Å²) in [5.74, 6) is 1.19. The van der Waals surface area contributed by atoms with Gasteiger partial charge >= 0.3 is 0 Å². The van der Waals surface area contributed by atoms with Crippen molar-refractivity contribution in [3.8, 4) is 27.6 Å². The molecule has 39 heavy (non-hydrogen) atoms. The molecule has 1 N–H and O–H groups in total. The lowest BCUT2D eigenvalue weighted by molar-refractivity contribution is -0.115. The number of hydrogen-bond acceptors (Lipinski definition) is 6. The van der Waals surface area contributed by atoms with Gasteiger partial charge in [0.05, 0.1) is 23.2 Å². The molecule has 2 aromatic carbocycles. The predicted molar refractivity (Wildman–Crippen MR) is 168 cm³/mol. The van der Waals surface area contributed by atoms with Gasteiger partial charge in [0.25, 0.3) is 0 Å². The topological polar surface area (TPSA) is 64.1 Å². The van der Waals surface area contributed by atoms with E-state index in [0.29, 0.717) is 11.5 Å². The number of amides is 1. The predicted octanol–water partition coefficient (Wildman–Crippen LogP) is 8.96. The van der Waals surface area contributed by atoms with Crippen LogP contribution in [0.2, 0.25) is 18.1 Å². The van der Waals surface area contributed by atoms with Crippen molar-refractivity contribution >= 4 is 52.1 Å². The molecule has 0 saturated heterocycles. The van der Waals surface area contributed by atoms with Crippen LogP contribution in [0.25, 0.3) is 31.2 Å². The summed E-state index contributed by atoms with van der Waals surface area (Å²) in [7, 11) is -1.92. The third-order valence-electron chi connectivity index (χ3n) is 7.22. The van der Waals surface area contributed by atoms with E-state index in [9.17, 15) is 4.79 Å². The fourth-order valence-corrected chi connectivity index (χ4v) is 7.01. The maximum atomic E-state index is 13.1. The van der Waals surface area contributed by atoms with Gasteiger partial charge in [-0.1, -0.05) is 62.7 Å². The van der Waals surface area contributed by atoms with E-state index < -0.39 is 8.32 Å². The van der Waals surface area contributed by atoms with E-state index in [1.807, 2.05) is 36.4 Å². The number of carbonyl (C=O) groups is 1. The van der Waals surface area contributed by atoms with Gasteiger partial charge in [0, 0.05) is 15.0 Å². The third-order valence-corrected chi connectivity index (χ3v) is 13.7. The molecule has 8 heteroatoms. The summed E-state index contributed by atoms with van der Waals surface area (Å²) in [6.07, 6.45) is 1.97. The minimum Gasteiger partial charge on any atom is -0.544 e. The van der Waals surface area contributed by atoms with Crippen LogP contribution in [0.15, 0.2) is 72.2 Å². The van der Waals surface area contributed by atoms with Crippen LogP contribution in [0.4, 0.5) is 5.82 Å². The van der Waals surface area contributed by atoms with Crippen molar-refractivity contribution in [3.05, 3.63) is 83.4 Å². The molecule has 3 aromatic heterocycles. The van der Waals surface area contributed by atoms with Crippen molar-refractivity contribution in [2.75, 3.05) is 5.32 Å². The van der Waals surface area contributed by atoms with E-state index >= 15 is 0 Å². The SMILES string of the molecule is Cc1ccc(-c2cnc(NC(=O)Cc3ccc(O[Si](C)(C)C(C)(C)C)cc3)c(-c3cc4sccc4s3)n2)cc1. The monoisotopic (exact) mass is 571 g/mol. The second kappa shape index (κ2) is 10.7. The van der Waals surface area contributed by atoms with E-state index in [4.69, 9.17) is 9.41 Å². The van der Waals surface area contributed by atoms with Gasteiger partial charge in [0.15, 0.2) is 5.82 Å². The molecule has 5 nitrogen and oxygen atoms in total. The second-order valence-corrected chi connectivity index (χ2v) is 18.1. The number of rotatable bonds is 7. The number of thiophene rings is 2. The normalized spacial score (nSPS) is 12.1. The standard InChI is InChI=1S/C31H33N3O2S2Si/c1-20-7-11-22(12-8-20)24-19-32-30(29(33-24)27-18-26-25(38-27)15-16-37-26)34-28(35)17-21-9-13-23(14-10-21)36-39(5,6)31(2,3)4/h7-16,18-19H,17H2,1-6H3,(H,32,34,35). The highest BCUT2D eigenvalue weighted by Crippen LogP contribution is 2.39. The first-order chi connectivity index (χ1) is 18.5. The van der Waals surface area contributed by atoms with Crippen LogP contribution in [-0.2, 0) is 11.2 Å². The van der Waals surface area contributed by atoms with Crippen molar-refractivity contribution in [1.82, 2.24) is 9.97 Å². The maximum absolute atomic E-state index is 13.1. The Morgan fingerprint density at radius 3 is 2.38 bits per heavy atom. The van der Waals surface area contributed by atoms with Gasteiger partial charge < -0.3 is 9.74 Å². The van der Waals surface area contributed by atoms with Gasteiger partial charge in [0.1, 0.15) is 11.4 Å². The van der Waals surface area contributed by atoms with Gasteiger partial charge in [-0.2, -0.15) is 0 Å². The Hall–Kier alpha value is -3.33. The lowest BCUT2D eigenvalue weighted by Gasteiger charge is -2.36. The van der Waals surface area contributed by atoms with Crippen molar-refractivity contribution in [2.24, 2.45) is 0 Å². The molecule has 0 atom stereocenters. The van der Waals surface area contributed by atoms with Gasteiger partial charge in [-0.15, -0.1) is 22.7 Å². The molecule has 0 fully saturated rings. The molecule has 0 saturated carbocycles. The molecule has 0 unspecified atom stereocenters. The zero-order valence-corrected chi connectivity index (χ0v) is 25.8. The lowest BCUT2D eigenvalue weighted by Crippen LogP contribution is -2.43. The summed E-state index contributed by atoms with van der Waals surface area (Å²) in [5, 5.41) is 5.24. The number of anilines is 1. The van der Waals surface area contributed by atoms with Crippen LogP contribution in [0.1, 0.15) is 31.9 Å². The van der Waals surface area contributed by atoms with Crippen LogP contribution in [0, 0.1) is 6.92 Å². The summed E-state index contributed by atoms with van der Waals surface area (Å²) in [6.45, 7) is 13.2. The number of nitrogens with one attached hydrogen (secondary N) is 1. The molecule has 3 heterocycles. The Labute approximate surface area is 239 Å². The molecule has 0 aliphatic carbocycles. The van der Waals surface area contributed by atoms with E-state index in [1.165, 1.54) is 15.0 Å². The van der Waals surface area contributed by atoms with Gasteiger partial charge in [-0.05, 0) is 60.3 Å². The summed E-state index contributed by atoms with van der Waals surface area (Å²) in [6, 6.07) is 20.3. The molecule has 0 radical (unpaired) electrons. The largest absolute Gasteiger partial charge is 0.544 e. The third kappa shape index (κ3) is 6.13. The first-order valence-electron chi connectivity index (χ1n) is 13.0. The molecule has 5 rings (SSSR count). The fourth-order valence-electron chi connectivity index (χ4n) is 3.88. The van der Waals surface area contributed by atoms with Gasteiger partial charge in [-0.3, -0.25) is 4.79 Å². The summed E-state index contributed by atoms with van der Waals surface area (Å²) >= 11 is 3.36. The first-order valence-corrected chi connectivity index (χ1v) is 17.6. The Bertz CT molecular complexity index is 1590. The Kier molecular flexibility index (Phi) is 7.46. The van der Waals surface area contributed by atoms with Crippen LogP contribution < -0.4 is 9.74 Å². The lowest BCUT2D eigenvalue weighted by atomic mass is 10.1. The summed E-state index contributed by atoms with van der Waals surface area (Å²) < 4.78 is 8.79. The molecule has 200 valence electrons. The number of nitrogens with zero attached hydrogens (tertiary/aromatic N) is 2. The van der Waals surface area contributed by atoms with Crippen molar-refractivity contribution in [2.45, 2.75) is 52.2 Å². The molecule has 1 amide bonds. The Balaban J connectivity index is 1.37. The van der Waals surface area contributed by atoms with E-state index in [2.05, 4.69) is 80.7 Å². The number of hydrogen-bond donors (Lipinski definition) is 1. The first kappa shape index (κ1) is 27.2. The van der Waals surface area contributed by atoms with Crippen molar-refractivity contribution in [1.29, 1.82) is 0 Å². The van der Waals surface area contributed by atoms with E-state index in [1.54, 1.807) is 28.9 Å². The zero-order valence-electron chi connectivity index (χ0n) is 23.2. The van der Waals surface area contributed by atoms with Crippen LogP contribution in [0.5, 0.6) is 5.75 Å². The number of aryl methyl sites for hydroxylation is 1. The molecular weight excluding hydrogens is 539 g/mol. The van der Waals surface area contributed by atoms with Crippen LogP contribution in [0.3, 0.4) is 0 Å². The van der Waals surface area contributed by atoms with Crippen molar-refractivity contribution in [3.63, 3.8) is 0 Å². The second-order valence-electron chi connectivity index (χ2n) is 11.3. The highest BCUT2D eigenvalue weighted by Gasteiger charge is 2.38. The Morgan fingerprint density at radius 2 is 1.72 bits per heavy atom. The smallest absolute Gasteiger partial charge is 0.250 e. The fraction of sp³-hybridized carbons (Fsp3) is 0.258. The van der Waals surface area contributed by atoms with Crippen molar-refractivity contribution < 1.29 is 9.22 Å². The molecule has 0 bridgehead atoms. The number of aromatic nitrogens is 2. The summed E-state index contributed by atoms with van der Waals surface area (Å²) in [5.41, 5.74) is 4.56. The maximum Gasteiger partial charge on any atom is 0.250 e. The molecule has 0 aliphatic rings. The number of benzene rings is 2. The minimum absolute atomic E-state index is 0.122.